The topological polar surface area (TPSA) is 64.7 Å². The molecule has 0 aliphatic carbocycles. The first-order chi connectivity index (χ1) is 14.9. The minimum Gasteiger partial charge on any atom is -0.369 e. The number of anilines is 1. The lowest BCUT2D eigenvalue weighted by Gasteiger charge is -2.36. The van der Waals surface area contributed by atoms with Crippen molar-refractivity contribution >= 4 is 17.5 Å². The van der Waals surface area contributed by atoms with Gasteiger partial charge in [-0.05, 0) is 37.7 Å². The summed E-state index contributed by atoms with van der Waals surface area (Å²) in [5, 5.41) is 5.72. The Morgan fingerprint density at radius 3 is 2.45 bits per heavy atom. The Labute approximate surface area is 183 Å². The third-order valence-electron chi connectivity index (χ3n) is 5.56. The SMILES string of the molecule is CC(NC(=O)CCNC(=O)Cc1ccccc1)c1cc(F)ccc1N1CCN(C)CC1. The third-order valence-corrected chi connectivity index (χ3v) is 5.56. The first-order valence-electron chi connectivity index (χ1n) is 10.8. The first-order valence-corrected chi connectivity index (χ1v) is 10.8. The number of hydrogen-bond acceptors (Lipinski definition) is 4. The molecular weight excluding hydrogens is 395 g/mol. The summed E-state index contributed by atoms with van der Waals surface area (Å²) in [4.78, 5) is 28.9. The van der Waals surface area contributed by atoms with E-state index < -0.39 is 0 Å². The predicted octanol–water partition coefficient (Wildman–Crippen LogP) is 2.50. The molecule has 2 N–H and O–H groups in total. The number of halogens is 1. The molecule has 1 unspecified atom stereocenters. The van der Waals surface area contributed by atoms with Crippen LogP contribution in [0.3, 0.4) is 0 Å². The van der Waals surface area contributed by atoms with Crippen molar-refractivity contribution in [2.45, 2.75) is 25.8 Å². The van der Waals surface area contributed by atoms with Crippen molar-refractivity contribution in [3.63, 3.8) is 0 Å². The summed E-state index contributed by atoms with van der Waals surface area (Å²) < 4.78 is 14.0. The van der Waals surface area contributed by atoms with E-state index in [1.807, 2.05) is 37.3 Å². The van der Waals surface area contributed by atoms with Crippen molar-refractivity contribution in [3.05, 3.63) is 65.5 Å². The van der Waals surface area contributed by atoms with Crippen molar-refractivity contribution in [2.24, 2.45) is 0 Å². The van der Waals surface area contributed by atoms with Gasteiger partial charge in [-0.25, -0.2) is 4.39 Å². The van der Waals surface area contributed by atoms with Crippen molar-refractivity contribution in [2.75, 3.05) is 44.7 Å². The van der Waals surface area contributed by atoms with Gasteiger partial charge in [0.05, 0.1) is 12.5 Å². The smallest absolute Gasteiger partial charge is 0.224 e. The average molecular weight is 427 g/mol. The number of nitrogens with one attached hydrogen (secondary N) is 2. The molecule has 2 amide bonds. The summed E-state index contributed by atoms with van der Waals surface area (Å²) in [5.41, 5.74) is 2.66. The van der Waals surface area contributed by atoms with Gasteiger partial charge >= 0.3 is 0 Å². The number of likely N-dealkylation sites (N-methyl/N-ethyl adjacent to an activating group) is 1. The zero-order valence-corrected chi connectivity index (χ0v) is 18.2. The molecule has 0 spiro atoms. The summed E-state index contributed by atoms with van der Waals surface area (Å²) in [6, 6.07) is 13.9. The molecule has 0 aromatic heterocycles. The molecule has 7 heteroatoms. The van der Waals surface area contributed by atoms with Crippen LogP contribution < -0.4 is 15.5 Å². The van der Waals surface area contributed by atoms with Crippen LogP contribution in [0.1, 0.15) is 30.5 Å². The lowest BCUT2D eigenvalue weighted by molar-refractivity contribution is -0.122. The fourth-order valence-corrected chi connectivity index (χ4v) is 3.76. The number of rotatable bonds is 8. The molecule has 166 valence electrons. The zero-order chi connectivity index (χ0) is 22.2. The second kappa shape index (κ2) is 10.9. The second-order valence-electron chi connectivity index (χ2n) is 8.04. The van der Waals surface area contributed by atoms with Gasteiger partial charge in [0.15, 0.2) is 0 Å². The summed E-state index contributed by atoms with van der Waals surface area (Å²) in [6.45, 7) is 5.74. The number of amides is 2. The molecule has 6 nitrogen and oxygen atoms in total. The van der Waals surface area contributed by atoms with Crippen molar-refractivity contribution in [1.29, 1.82) is 0 Å². The van der Waals surface area contributed by atoms with E-state index in [1.165, 1.54) is 12.1 Å². The Bertz CT molecular complexity index is 882. The third kappa shape index (κ3) is 6.79. The van der Waals surface area contributed by atoms with Gasteiger partial charge in [0.1, 0.15) is 5.82 Å². The minimum absolute atomic E-state index is 0.116. The van der Waals surface area contributed by atoms with Crippen LogP contribution in [0.2, 0.25) is 0 Å². The maximum Gasteiger partial charge on any atom is 0.224 e. The lowest BCUT2D eigenvalue weighted by atomic mass is 10.0. The Balaban J connectivity index is 1.51. The molecule has 0 saturated carbocycles. The van der Waals surface area contributed by atoms with E-state index in [9.17, 15) is 14.0 Å². The standard InChI is InChI=1S/C24H31FN4O2/c1-18(21-17-20(25)8-9-22(21)29-14-12-28(2)13-15-29)27-23(30)10-11-26-24(31)16-19-6-4-3-5-7-19/h3-9,17-18H,10-16H2,1-2H3,(H,26,31)(H,27,30). The second-order valence-corrected chi connectivity index (χ2v) is 8.04. The molecule has 1 heterocycles. The van der Waals surface area contributed by atoms with Crippen LogP contribution in [0.5, 0.6) is 0 Å². The van der Waals surface area contributed by atoms with E-state index in [0.29, 0.717) is 0 Å². The van der Waals surface area contributed by atoms with Crippen LogP contribution in [0, 0.1) is 5.82 Å². The number of nitrogens with zero attached hydrogens (tertiary/aromatic N) is 2. The number of hydrogen-bond donors (Lipinski definition) is 2. The van der Waals surface area contributed by atoms with Gasteiger partial charge in [-0.3, -0.25) is 9.59 Å². The molecule has 1 fully saturated rings. The highest BCUT2D eigenvalue weighted by atomic mass is 19.1. The molecule has 1 saturated heterocycles. The Morgan fingerprint density at radius 2 is 1.74 bits per heavy atom. The maximum absolute atomic E-state index is 14.0. The number of benzene rings is 2. The van der Waals surface area contributed by atoms with Crippen molar-refractivity contribution < 1.29 is 14.0 Å². The largest absolute Gasteiger partial charge is 0.369 e. The highest BCUT2D eigenvalue weighted by Gasteiger charge is 2.21. The molecule has 1 aliphatic heterocycles. The van der Waals surface area contributed by atoms with E-state index in [0.717, 1.165) is 43.0 Å². The van der Waals surface area contributed by atoms with Gasteiger partial charge in [0.2, 0.25) is 11.8 Å². The Morgan fingerprint density at radius 1 is 1.03 bits per heavy atom. The van der Waals surface area contributed by atoms with Crippen LogP contribution in [-0.2, 0) is 16.0 Å². The van der Waals surface area contributed by atoms with E-state index in [2.05, 4.69) is 27.5 Å². The minimum atomic E-state index is -0.335. The highest BCUT2D eigenvalue weighted by Crippen LogP contribution is 2.28. The van der Waals surface area contributed by atoms with Crippen LogP contribution in [-0.4, -0.2) is 56.5 Å². The predicted molar refractivity (Wildman–Crippen MR) is 120 cm³/mol. The number of piperazine rings is 1. The molecule has 2 aromatic rings. The van der Waals surface area contributed by atoms with Crippen molar-refractivity contribution in [3.8, 4) is 0 Å². The Hall–Kier alpha value is -2.93. The monoisotopic (exact) mass is 426 g/mol. The van der Waals surface area contributed by atoms with E-state index in [-0.39, 0.29) is 43.1 Å². The summed E-state index contributed by atoms with van der Waals surface area (Å²) in [6.07, 6.45) is 0.459. The molecule has 31 heavy (non-hydrogen) atoms. The van der Waals surface area contributed by atoms with Crippen LogP contribution in [0.25, 0.3) is 0 Å². The van der Waals surface area contributed by atoms with Gasteiger partial charge in [-0.15, -0.1) is 0 Å². The molecular formula is C24H31FN4O2. The average Bonchev–Trinajstić information content (AvgIpc) is 2.75. The highest BCUT2D eigenvalue weighted by molar-refractivity contribution is 5.80. The molecule has 1 aliphatic rings. The van der Waals surface area contributed by atoms with E-state index in [1.54, 1.807) is 6.07 Å². The summed E-state index contributed by atoms with van der Waals surface area (Å²) in [7, 11) is 2.09. The molecule has 3 rings (SSSR count). The first kappa shape index (κ1) is 22.7. The zero-order valence-electron chi connectivity index (χ0n) is 18.2. The lowest BCUT2D eigenvalue weighted by Crippen LogP contribution is -2.45. The van der Waals surface area contributed by atoms with Crippen LogP contribution in [0.4, 0.5) is 10.1 Å². The van der Waals surface area contributed by atoms with Gasteiger partial charge in [0.25, 0.3) is 0 Å². The van der Waals surface area contributed by atoms with Gasteiger partial charge in [-0.2, -0.15) is 0 Å². The van der Waals surface area contributed by atoms with Gasteiger partial charge < -0.3 is 20.4 Å². The Kier molecular flexibility index (Phi) is 8.00. The normalized spacial score (nSPS) is 15.4. The maximum atomic E-state index is 14.0. The van der Waals surface area contributed by atoms with Gasteiger partial charge in [-0.1, -0.05) is 30.3 Å². The quantitative estimate of drug-likeness (QED) is 0.681. The summed E-state index contributed by atoms with van der Waals surface area (Å²) >= 11 is 0. The summed E-state index contributed by atoms with van der Waals surface area (Å²) in [5.74, 6) is -0.613. The number of carbonyl (C=O) groups is 2. The van der Waals surface area contributed by atoms with Crippen LogP contribution in [0.15, 0.2) is 48.5 Å². The van der Waals surface area contributed by atoms with Crippen LogP contribution >= 0.6 is 0 Å². The van der Waals surface area contributed by atoms with Crippen molar-refractivity contribution in [1.82, 2.24) is 15.5 Å². The van der Waals surface area contributed by atoms with E-state index >= 15 is 0 Å². The fourth-order valence-electron chi connectivity index (χ4n) is 3.76. The molecule has 1 atom stereocenters. The fraction of sp³-hybridized carbons (Fsp3) is 0.417. The molecule has 0 bridgehead atoms. The van der Waals surface area contributed by atoms with E-state index in [4.69, 9.17) is 0 Å². The molecule has 0 radical (unpaired) electrons. The molecule has 2 aromatic carbocycles. The van der Waals surface area contributed by atoms with Gasteiger partial charge in [0, 0.05) is 50.4 Å². The number of carbonyl (C=O) groups excluding carboxylic acids is 2.